The molecular formula is C9H8FNO2. The molecule has 0 aliphatic rings. The second-order valence-corrected chi connectivity index (χ2v) is 2.45. The summed E-state index contributed by atoms with van der Waals surface area (Å²) >= 11 is 0. The van der Waals surface area contributed by atoms with Crippen LogP contribution in [-0.2, 0) is 6.42 Å². The highest BCUT2D eigenvalue weighted by atomic mass is 19.1. The Morgan fingerprint density at radius 3 is 2.85 bits per heavy atom. The van der Waals surface area contributed by atoms with Gasteiger partial charge in [0.05, 0.1) is 19.6 Å². The fourth-order valence-corrected chi connectivity index (χ4v) is 0.971. The highest BCUT2D eigenvalue weighted by molar-refractivity contribution is 5.40. The van der Waals surface area contributed by atoms with Crippen LogP contribution in [0.1, 0.15) is 5.56 Å². The topological polar surface area (TPSA) is 53.2 Å². The van der Waals surface area contributed by atoms with Crippen molar-refractivity contribution < 1.29 is 14.2 Å². The van der Waals surface area contributed by atoms with Crippen LogP contribution in [0.25, 0.3) is 0 Å². The van der Waals surface area contributed by atoms with Crippen molar-refractivity contribution in [1.82, 2.24) is 0 Å². The molecule has 1 rings (SSSR count). The molecule has 0 bridgehead atoms. The lowest BCUT2D eigenvalue weighted by molar-refractivity contribution is 0.395. The van der Waals surface area contributed by atoms with Crippen LogP contribution in [0.2, 0.25) is 0 Å². The SMILES string of the molecule is COc1cc(O)c(F)c(CC#N)c1. The van der Waals surface area contributed by atoms with Crippen molar-refractivity contribution in [3.63, 3.8) is 0 Å². The lowest BCUT2D eigenvalue weighted by atomic mass is 10.1. The molecule has 4 heteroatoms. The van der Waals surface area contributed by atoms with E-state index in [4.69, 9.17) is 15.1 Å². The molecule has 0 amide bonds. The van der Waals surface area contributed by atoms with Crippen molar-refractivity contribution in [2.75, 3.05) is 7.11 Å². The van der Waals surface area contributed by atoms with E-state index in [1.807, 2.05) is 0 Å². The molecule has 1 aromatic rings. The van der Waals surface area contributed by atoms with Gasteiger partial charge >= 0.3 is 0 Å². The molecule has 0 unspecified atom stereocenters. The first-order chi connectivity index (χ1) is 6.19. The van der Waals surface area contributed by atoms with Crippen molar-refractivity contribution in [3.05, 3.63) is 23.5 Å². The zero-order chi connectivity index (χ0) is 9.84. The van der Waals surface area contributed by atoms with E-state index in [-0.39, 0.29) is 12.0 Å². The Hall–Kier alpha value is -1.76. The average molecular weight is 181 g/mol. The number of halogens is 1. The van der Waals surface area contributed by atoms with Crippen LogP contribution in [0.4, 0.5) is 4.39 Å². The summed E-state index contributed by atoms with van der Waals surface area (Å²) in [5.41, 5.74) is 0.138. The highest BCUT2D eigenvalue weighted by Gasteiger charge is 2.09. The number of benzene rings is 1. The molecule has 68 valence electrons. The molecule has 13 heavy (non-hydrogen) atoms. The second-order valence-electron chi connectivity index (χ2n) is 2.45. The van der Waals surface area contributed by atoms with E-state index in [9.17, 15) is 4.39 Å². The maximum absolute atomic E-state index is 13.0. The predicted molar refractivity (Wildman–Crippen MR) is 43.9 cm³/mol. The molecule has 0 heterocycles. The van der Waals surface area contributed by atoms with Crippen molar-refractivity contribution in [1.29, 1.82) is 5.26 Å². The quantitative estimate of drug-likeness (QED) is 0.754. The van der Waals surface area contributed by atoms with E-state index in [1.165, 1.54) is 13.2 Å². The third kappa shape index (κ3) is 1.88. The van der Waals surface area contributed by atoms with Gasteiger partial charge in [-0.1, -0.05) is 0 Å². The van der Waals surface area contributed by atoms with Gasteiger partial charge in [0, 0.05) is 11.6 Å². The van der Waals surface area contributed by atoms with Gasteiger partial charge in [0.2, 0.25) is 0 Å². The third-order valence-corrected chi connectivity index (χ3v) is 1.61. The predicted octanol–water partition coefficient (Wildman–Crippen LogP) is 1.61. The van der Waals surface area contributed by atoms with Gasteiger partial charge < -0.3 is 9.84 Å². The minimum absolute atomic E-state index is 0.0867. The largest absolute Gasteiger partial charge is 0.505 e. The zero-order valence-corrected chi connectivity index (χ0v) is 7.04. The minimum Gasteiger partial charge on any atom is -0.505 e. The van der Waals surface area contributed by atoms with E-state index in [2.05, 4.69) is 0 Å². The normalized spacial score (nSPS) is 9.31. The third-order valence-electron chi connectivity index (χ3n) is 1.61. The zero-order valence-electron chi connectivity index (χ0n) is 7.04. The van der Waals surface area contributed by atoms with Crippen LogP contribution in [0, 0.1) is 17.1 Å². The summed E-state index contributed by atoms with van der Waals surface area (Å²) in [6.45, 7) is 0. The number of hydrogen-bond acceptors (Lipinski definition) is 3. The Labute approximate surface area is 75.0 Å². The first-order valence-electron chi connectivity index (χ1n) is 3.61. The van der Waals surface area contributed by atoms with Crippen molar-refractivity contribution in [2.24, 2.45) is 0 Å². The molecule has 0 aliphatic heterocycles. The Morgan fingerprint density at radius 1 is 1.62 bits per heavy atom. The molecule has 0 aliphatic carbocycles. The molecule has 0 fully saturated rings. The summed E-state index contributed by atoms with van der Waals surface area (Å²) in [4.78, 5) is 0. The number of aromatic hydroxyl groups is 1. The van der Waals surface area contributed by atoms with E-state index in [1.54, 1.807) is 6.07 Å². The van der Waals surface area contributed by atoms with Crippen molar-refractivity contribution in [2.45, 2.75) is 6.42 Å². The highest BCUT2D eigenvalue weighted by Crippen LogP contribution is 2.26. The number of nitriles is 1. The molecular weight excluding hydrogens is 173 g/mol. The standard InChI is InChI=1S/C9H8FNO2/c1-13-7-4-6(2-3-11)9(10)8(12)5-7/h4-5,12H,2H2,1H3. The van der Waals surface area contributed by atoms with Gasteiger partial charge in [0.25, 0.3) is 0 Å². The minimum atomic E-state index is -0.762. The molecule has 0 saturated carbocycles. The number of ether oxygens (including phenoxy) is 1. The Bertz CT molecular complexity index is 357. The number of phenolic OH excluding ortho intramolecular Hbond substituents is 1. The summed E-state index contributed by atoms with van der Waals surface area (Å²) in [6, 6.07) is 4.35. The molecule has 1 N–H and O–H groups in total. The van der Waals surface area contributed by atoms with Crippen molar-refractivity contribution in [3.8, 4) is 17.6 Å². The van der Waals surface area contributed by atoms with Crippen LogP contribution in [0.15, 0.2) is 12.1 Å². The molecule has 0 saturated heterocycles. The van der Waals surface area contributed by atoms with Crippen LogP contribution < -0.4 is 4.74 Å². The summed E-state index contributed by atoms with van der Waals surface area (Å²) in [7, 11) is 1.41. The van der Waals surface area contributed by atoms with E-state index < -0.39 is 11.6 Å². The Balaban J connectivity index is 3.18. The van der Waals surface area contributed by atoms with Crippen LogP contribution in [0.5, 0.6) is 11.5 Å². The van der Waals surface area contributed by atoms with Gasteiger partial charge in [-0.2, -0.15) is 5.26 Å². The Kier molecular flexibility index (Phi) is 2.70. The van der Waals surface area contributed by atoms with Gasteiger partial charge in [-0.25, -0.2) is 4.39 Å². The van der Waals surface area contributed by atoms with Gasteiger partial charge in [-0.05, 0) is 6.07 Å². The molecule has 0 radical (unpaired) electrons. The molecule has 0 atom stereocenters. The lowest BCUT2D eigenvalue weighted by Crippen LogP contribution is -1.92. The van der Waals surface area contributed by atoms with Crippen LogP contribution >= 0.6 is 0 Å². The average Bonchev–Trinajstić information content (AvgIpc) is 2.13. The van der Waals surface area contributed by atoms with Crippen LogP contribution in [-0.4, -0.2) is 12.2 Å². The van der Waals surface area contributed by atoms with E-state index in [0.29, 0.717) is 5.75 Å². The van der Waals surface area contributed by atoms with E-state index in [0.717, 1.165) is 6.07 Å². The smallest absolute Gasteiger partial charge is 0.169 e. The number of phenols is 1. The summed E-state index contributed by atoms with van der Waals surface area (Å²) in [6.07, 6.45) is -0.0867. The monoisotopic (exact) mass is 181 g/mol. The number of hydrogen-bond donors (Lipinski definition) is 1. The number of nitrogens with zero attached hydrogens (tertiary/aromatic N) is 1. The Morgan fingerprint density at radius 2 is 2.31 bits per heavy atom. The van der Waals surface area contributed by atoms with Crippen molar-refractivity contribution >= 4 is 0 Å². The fourth-order valence-electron chi connectivity index (χ4n) is 0.971. The maximum Gasteiger partial charge on any atom is 0.169 e. The first-order valence-corrected chi connectivity index (χ1v) is 3.61. The number of methoxy groups -OCH3 is 1. The first kappa shape index (κ1) is 9.33. The van der Waals surface area contributed by atoms with Gasteiger partial charge in [-0.15, -0.1) is 0 Å². The maximum atomic E-state index is 13.0. The summed E-state index contributed by atoms with van der Waals surface area (Å²) in [5, 5.41) is 17.4. The summed E-state index contributed by atoms with van der Waals surface area (Å²) < 4.78 is 17.8. The van der Waals surface area contributed by atoms with Gasteiger partial charge in [0.1, 0.15) is 5.75 Å². The van der Waals surface area contributed by atoms with Gasteiger partial charge in [-0.3, -0.25) is 0 Å². The molecule has 0 spiro atoms. The molecule has 0 aromatic heterocycles. The number of rotatable bonds is 2. The fraction of sp³-hybridized carbons (Fsp3) is 0.222. The molecule has 3 nitrogen and oxygen atoms in total. The van der Waals surface area contributed by atoms with E-state index >= 15 is 0 Å². The van der Waals surface area contributed by atoms with Gasteiger partial charge in [0.15, 0.2) is 11.6 Å². The lowest BCUT2D eigenvalue weighted by Gasteiger charge is -2.04. The van der Waals surface area contributed by atoms with Crippen LogP contribution in [0.3, 0.4) is 0 Å². The summed E-state index contributed by atoms with van der Waals surface area (Å²) in [5.74, 6) is -0.920. The second kappa shape index (κ2) is 3.76. The molecule has 1 aromatic carbocycles.